The van der Waals surface area contributed by atoms with Crippen LogP contribution in [0, 0.1) is 5.82 Å². The van der Waals surface area contributed by atoms with Gasteiger partial charge >= 0.3 is 0 Å². The Labute approximate surface area is 186 Å². The van der Waals surface area contributed by atoms with E-state index in [4.69, 9.17) is 0 Å². The summed E-state index contributed by atoms with van der Waals surface area (Å²) in [6, 6.07) is 40.8. The first kappa shape index (κ1) is 18.6. The Morgan fingerprint density at radius 2 is 1.19 bits per heavy atom. The molecule has 0 atom stereocenters. The Hall–Kier alpha value is -4.17. The highest BCUT2D eigenvalue weighted by molar-refractivity contribution is 5.98. The topological polar surface area (TPSA) is 4.93 Å². The second-order valence-electron chi connectivity index (χ2n) is 8.01. The predicted octanol–water partition coefficient (Wildman–Crippen LogP) is 8.26. The highest BCUT2D eigenvalue weighted by Crippen LogP contribution is 2.37. The maximum atomic E-state index is 13.7. The average Bonchev–Trinajstić information content (AvgIpc) is 3.24. The molecule has 1 aromatic heterocycles. The normalized spacial score (nSPS) is 11.3. The van der Waals surface area contributed by atoms with Crippen LogP contribution in [0.25, 0.3) is 49.7 Å². The van der Waals surface area contributed by atoms with Gasteiger partial charge in [-0.2, -0.15) is 0 Å². The van der Waals surface area contributed by atoms with Gasteiger partial charge in [0, 0.05) is 10.8 Å². The number of hydrogen-bond acceptors (Lipinski definition) is 0. The fourth-order valence-corrected chi connectivity index (χ4v) is 4.52. The smallest absolute Gasteiger partial charge is 0.123 e. The molecule has 5 aromatic carbocycles. The van der Waals surface area contributed by atoms with Crippen LogP contribution in [0.5, 0.6) is 0 Å². The number of aromatic nitrogens is 1. The van der Waals surface area contributed by atoms with Crippen molar-refractivity contribution in [2.45, 2.75) is 0 Å². The van der Waals surface area contributed by atoms with E-state index in [9.17, 15) is 4.39 Å². The molecule has 0 saturated heterocycles. The number of hydrogen-bond donors (Lipinski definition) is 0. The van der Waals surface area contributed by atoms with Gasteiger partial charge in [0.05, 0.1) is 16.9 Å². The quantitative estimate of drug-likeness (QED) is 0.275. The third-order valence-electron chi connectivity index (χ3n) is 6.04. The summed E-state index contributed by atoms with van der Waals surface area (Å²) in [5.74, 6) is -0.229. The van der Waals surface area contributed by atoms with Crippen LogP contribution in [0.1, 0.15) is 0 Å². The Morgan fingerprint density at radius 3 is 2.00 bits per heavy atom. The first-order valence-corrected chi connectivity index (χ1v) is 10.7. The summed E-state index contributed by atoms with van der Waals surface area (Å²) in [7, 11) is 0. The van der Waals surface area contributed by atoms with Gasteiger partial charge in [-0.1, -0.05) is 72.8 Å². The number of fused-ring (bicyclic) bond motifs is 2. The van der Waals surface area contributed by atoms with E-state index in [0.29, 0.717) is 0 Å². The van der Waals surface area contributed by atoms with Crippen LogP contribution in [-0.2, 0) is 0 Å². The van der Waals surface area contributed by atoms with E-state index in [1.165, 1.54) is 34.0 Å². The van der Waals surface area contributed by atoms with E-state index in [0.717, 1.165) is 27.8 Å². The van der Waals surface area contributed by atoms with Crippen molar-refractivity contribution in [3.63, 3.8) is 0 Å². The van der Waals surface area contributed by atoms with Gasteiger partial charge in [0.25, 0.3) is 0 Å². The van der Waals surface area contributed by atoms with Gasteiger partial charge in [-0.25, -0.2) is 4.39 Å². The highest BCUT2D eigenvalue weighted by atomic mass is 19.1. The standard InChI is InChI=1S/C30H20FN/c31-26-16-14-22(15-17-26)29-19-24-11-5-7-13-28(24)32(29)30-20-25(21-8-2-1-3-9-21)18-23-10-4-6-12-27(23)30/h1-20H/i29+1. The molecule has 0 fully saturated rings. The molecule has 1 nitrogen and oxygen atoms in total. The number of nitrogens with zero attached hydrogens (tertiary/aromatic N) is 1. The van der Waals surface area contributed by atoms with E-state index in [1.54, 1.807) is 0 Å². The molecule has 0 unspecified atom stereocenters. The zero-order valence-corrected chi connectivity index (χ0v) is 17.4. The van der Waals surface area contributed by atoms with Gasteiger partial charge in [-0.3, -0.25) is 0 Å². The van der Waals surface area contributed by atoms with Crippen LogP contribution in [0.4, 0.5) is 4.39 Å². The first-order valence-electron chi connectivity index (χ1n) is 10.7. The largest absolute Gasteiger partial charge is 0.309 e. The zero-order valence-electron chi connectivity index (χ0n) is 17.4. The molecule has 6 aromatic rings. The molecule has 0 aliphatic heterocycles. The summed E-state index contributed by atoms with van der Waals surface area (Å²) < 4.78 is 16.0. The fraction of sp³-hybridized carbons (Fsp3) is 0. The van der Waals surface area contributed by atoms with Gasteiger partial charge in [0.1, 0.15) is 5.82 Å². The molecule has 1 heterocycles. The van der Waals surface area contributed by atoms with E-state index < -0.39 is 0 Å². The third-order valence-corrected chi connectivity index (χ3v) is 6.04. The molecule has 2 heteroatoms. The summed E-state index contributed by atoms with van der Waals surface area (Å²) >= 11 is 0. The molecule has 0 aliphatic carbocycles. The van der Waals surface area contributed by atoms with E-state index in [2.05, 4.69) is 95.6 Å². The van der Waals surface area contributed by atoms with Crippen LogP contribution >= 0.6 is 0 Å². The molecule has 0 radical (unpaired) electrons. The molecule has 0 spiro atoms. The van der Waals surface area contributed by atoms with Crippen LogP contribution < -0.4 is 0 Å². The molecule has 0 amide bonds. The molecule has 0 bridgehead atoms. The molecule has 0 aliphatic rings. The molecule has 32 heavy (non-hydrogen) atoms. The number of rotatable bonds is 3. The number of para-hydroxylation sites is 1. The van der Waals surface area contributed by atoms with Crippen molar-refractivity contribution < 1.29 is 4.39 Å². The molecule has 152 valence electrons. The molecular weight excluding hydrogens is 394 g/mol. The third kappa shape index (κ3) is 3.09. The van der Waals surface area contributed by atoms with Crippen molar-refractivity contribution in [3.05, 3.63) is 127 Å². The predicted molar refractivity (Wildman–Crippen MR) is 132 cm³/mol. The van der Waals surface area contributed by atoms with E-state index in [-0.39, 0.29) is 5.82 Å². The van der Waals surface area contributed by atoms with Gasteiger partial charge < -0.3 is 4.57 Å². The van der Waals surface area contributed by atoms with E-state index in [1.807, 2.05) is 18.2 Å². The summed E-state index contributed by atoms with van der Waals surface area (Å²) in [6.07, 6.45) is 0. The molecular formula is C30H20FN. The minimum absolute atomic E-state index is 0.229. The minimum atomic E-state index is -0.229. The van der Waals surface area contributed by atoms with Gasteiger partial charge in [0.15, 0.2) is 0 Å². The summed E-state index contributed by atoms with van der Waals surface area (Å²) in [5.41, 5.74) is 6.62. The van der Waals surface area contributed by atoms with Crippen LogP contribution in [0.3, 0.4) is 0 Å². The van der Waals surface area contributed by atoms with Crippen molar-refractivity contribution in [3.8, 4) is 28.1 Å². The maximum absolute atomic E-state index is 13.7. The highest BCUT2D eigenvalue weighted by Gasteiger charge is 2.16. The SMILES string of the molecule is Fc1ccc(-[13c]2cc3ccccc3n2-c2cc(-c3ccccc3)cc3ccccc23)cc1. The Kier molecular flexibility index (Phi) is 4.36. The lowest BCUT2D eigenvalue weighted by Gasteiger charge is -2.16. The lowest BCUT2D eigenvalue weighted by Crippen LogP contribution is -1.99. The van der Waals surface area contributed by atoms with Crippen LogP contribution in [-0.4, -0.2) is 4.57 Å². The van der Waals surface area contributed by atoms with Crippen molar-refractivity contribution in [2.24, 2.45) is 0 Å². The zero-order chi connectivity index (χ0) is 21.5. The van der Waals surface area contributed by atoms with Gasteiger partial charge in [-0.05, 0) is 70.6 Å². The maximum Gasteiger partial charge on any atom is 0.123 e. The Balaban J connectivity index is 1.72. The van der Waals surface area contributed by atoms with Gasteiger partial charge in [-0.15, -0.1) is 0 Å². The fourth-order valence-electron chi connectivity index (χ4n) is 4.52. The molecule has 0 saturated carbocycles. The van der Waals surface area contributed by atoms with Crippen LogP contribution in [0.15, 0.2) is 121 Å². The van der Waals surface area contributed by atoms with Crippen LogP contribution in [0.2, 0.25) is 0 Å². The summed E-state index contributed by atoms with van der Waals surface area (Å²) in [6.45, 7) is 0. The Morgan fingerprint density at radius 1 is 0.500 bits per heavy atom. The molecule has 6 rings (SSSR count). The first-order chi connectivity index (χ1) is 15.8. The Bertz CT molecular complexity index is 1560. The van der Waals surface area contributed by atoms with Crippen molar-refractivity contribution in [1.82, 2.24) is 4.57 Å². The lowest BCUT2D eigenvalue weighted by molar-refractivity contribution is 0.628. The van der Waals surface area contributed by atoms with Gasteiger partial charge in [0.2, 0.25) is 0 Å². The van der Waals surface area contributed by atoms with E-state index >= 15 is 0 Å². The van der Waals surface area contributed by atoms with Crippen molar-refractivity contribution in [1.29, 1.82) is 0 Å². The molecule has 0 N–H and O–H groups in total. The van der Waals surface area contributed by atoms with Crippen molar-refractivity contribution >= 4 is 21.7 Å². The second kappa shape index (κ2) is 7.51. The minimum Gasteiger partial charge on any atom is -0.309 e. The number of halogens is 1. The average molecular weight is 414 g/mol. The lowest BCUT2D eigenvalue weighted by atomic mass is 9.99. The monoisotopic (exact) mass is 414 g/mol. The summed E-state index contributed by atoms with van der Waals surface area (Å²) in [4.78, 5) is 0. The number of benzene rings is 5. The van der Waals surface area contributed by atoms with Crippen molar-refractivity contribution in [2.75, 3.05) is 0 Å². The summed E-state index contributed by atoms with van der Waals surface area (Å²) in [5, 5.41) is 3.52. The second-order valence-corrected chi connectivity index (χ2v) is 8.01.